The minimum Gasteiger partial charge on any atom is -0.342 e. The lowest BCUT2D eigenvalue weighted by Crippen LogP contribution is -2.10. The SMILES string of the molecule is CC.c1cc(-c2ccc3nc(CC4CCCCC4)[nH]c3c2)ccn1. The van der Waals surface area contributed by atoms with E-state index in [0.29, 0.717) is 0 Å². The summed E-state index contributed by atoms with van der Waals surface area (Å²) in [6.07, 6.45) is 11.7. The topological polar surface area (TPSA) is 41.6 Å². The number of hydrogen-bond acceptors (Lipinski definition) is 2. The van der Waals surface area contributed by atoms with Crippen LogP contribution in [0.15, 0.2) is 42.7 Å². The number of imidazole rings is 1. The molecule has 2 heterocycles. The zero-order chi connectivity index (χ0) is 16.8. The van der Waals surface area contributed by atoms with E-state index in [1.54, 1.807) is 0 Å². The van der Waals surface area contributed by atoms with E-state index >= 15 is 0 Å². The highest BCUT2D eigenvalue weighted by Gasteiger charge is 2.16. The second-order valence-corrected chi connectivity index (χ2v) is 6.36. The van der Waals surface area contributed by atoms with Crippen molar-refractivity contribution in [1.82, 2.24) is 15.0 Å². The van der Waals surface area contributed by atoms with Crippen LogP contribution < -0.4 is 0 Å². The van der Waals surface area contributed by atoms with E-state index in [1.165, 1.54) is 43.2 Å². The largest absolute Gasteiger partial charge is 0.342 e. The minimum absolute atomic E-state index is 0.814. The zero-order valence-corrected chi connectivity index (χ0v) is 14.8. The molecule has 1 aromatic carbocycles. The molecule has 4 rings (SSSR count). The number of rotatable bonds is 3. The molecule has 2 aromatic heterocycles. The Morgan fingerprint density at radius 2 is 1.71 bits per heavy atom. The number of aromatic nitrogens is 3. The molecule has 1 aliphatic carbocycles. The molecular weight excluding hydrogens is 294 g/mol. The van der Waals surface area contributed by atoms with Gasteiger partial charge in [-0.3, -0.25) is 4.98 Å². The summed E-state index contributed by atoms with van der Waals surface area (Å²) in [4.78, 5) is 12.4. The van der Waals surface area contributed by atoms with Gasteiger partial charge in [0.15, 0.2) is 0 Å². The van der Waals surface area contributed by atoms with Gasteiger partial charge in [0.1, 0.15) is 5.82 Å². The predicted octanol–water partition coefficient (Wildman–Crippen LogP) is 5.77. The summed E-state index contributed by atoms with van der Waals surface area (Å²) in [5.74, 6) is 1.96. The van der Waals surface area contributed by atoms with Gasteiger partial charge in [-0.2, -0.15) is 0 Å². The van der Waals surface area contributed by atoms with Crippen LogP contribution in [0, 0.1) is 5.92 Å². The Hall–Kier alpha value is -2.16. The fourth-order valence-corrected chi connectivity index (χ4v) is 3.55. The number of pyridine rings is 1. The van der Waals surface area contributed by atoms with Gasteiger partial charge in [-0.05, 0) is 41.3 Å². The Balaban J connectivity index is 0.000000815. The van der Waals surface area contributed by atoms with Crippen LogP contribution in [0.4, 0.5) is 0 Å². The van der Waals surface area contributed by atoms with Crippen molar-refractivity contribution in [3.63, 3.8) is 0 Å². The Kier molecular flexibility index (Phi) is 5.63. The monoisotopic (exact) mass is 321 g/mol. The maximum absolute atomic E-state index is 4.77. The van der Waals surface area contributed by atoms with E-state index in [4.69, 9.17) is 4.98 Å². The molecule has 1 fully saturated rings. The normalized spacial score (nSPS) is 15.1. The van der Waals surface area contributed by atoms with Crippen LogP contribution in [-0.4, -0.2) is 15.0 Å². The van der Waals surface area contributed by atoms with Crippen molar-refractivity contribution < 1.29 is 0 Å². The van der Waals surface area contributed by atoms with Gasteiger partial charge in [0.2, 0.25) is 0 Å². The number of fused-ring (bicyclic) bond motifs is 1. The van der Waals surface area contributed by atoms with Crippen molar-refractivity contribution >= 4 is 11.0 Å². The molecule has 0 atom stereocenters. The Bertz CT molecular complexity index is 755. The predicted molar refractivity (Wildman–Crippen MR) is 101 cm³/mol. The molecule has 1 saturated carbocycles. The second-order valence-electron chi connectivity index (χ2n) is 6.36. The van der Waals surface area contributed by atoms with Gasteiger partial charge in [0.25, 0.3) is 0 Å². The summed E-state index contributed by atoms with van der Waals surface area (Å²) in [6, 6.07) is 10.5. The third kappa shape index (κ3) is 3.84. The van der Waals surface area contributed by atoms with Crippen LogP contribution in [-0.2, 0) is 6.42 Å². The van der Waals surface area contributed by atoms with Gasteiger partial charge < -0.3 is 4.98 Å². The molecule has 0 aliphatic heterocycles. The molecule has 3 heteroatoms. The Morgan fingerprint density at radius 1 is 0.958 bits per heavy atom. The van der Waals surface area contributed by atoms with Gasteiger partial charge in [-0.1, -0.05) is 52.0 Å². The summed E-state index contributed by atoms with van der Waals surface area (Å²) in [7, 11) is 0. The summed E-state index contributed by atoms with van der Waals surface area (Å²) < 4.78 is 0. The van der Waals surface area contributed by atoms with Crippen LogP contribution in [0.3, 0.4) is 0 Å². The fraction of sp³-hybridized carbons (Fsp3) is 0.429. The van der Waals surface area contributed by atoms with Gasteiger partial charge >= 0.3 is 0 Å². The van der Waals surface area contributed by atoms with Crippen molar-refractivity contribution in [3.05, 3.63) is 48.5 Å². The third-order valence-corrected chi connectivity index (χ3v) is 4.75. The van der Waals surface area contributed by atoms with E-state index in [9.17, 15) is 0 Å². The summed E-state index contributed by atoms with van der Waals surface area (Å²) in [5, 5.41) is 0. The number of H-pyrrole nitrogens is 1. The van der Waals surface area contributed by atoms with Gasteiger partial charge in [-0.25, -0.2) is 4.98 Å². The highest BCUT2D eigenvalue weighted by molar-refractivity contribution is 5.81. The molecule has 0 radical (unpaired) electrons. The van der Waals surface area contributed by atoms with Crippen LogP contribution in [0.5, 0.6) is 0 Å². The van der Waals surface area contributed by atoms with Crippen molar-refractivity contribution in [1.29, 1.82) is 0 Å². The molecule has 24 heavy (non-hydrogen) atoms. The van der Waals surface area contributed by atoms with Crippen LogP contribution >= 0.6 is 0 Å². The highest BCUT2D eigenvalue weighted by atomic mass is 14.9. The number of benzene rings is 1. The van der Waals surface area contributed by atoms with Crippen LogP contribution in [0.25, 0.3) is 22.2 Å². The molecule has 1 N–H and O–H groups in total. The summed E-state index contributed by atoms with van der Waals surface area (Å²) in [6.45, 7) is 4.00. The number of nitrogens with one attached hydrogen (secondary N) is 1. The lowest BCUT2D eigenvalue weighted by atomic mass is 9.87. The number of nitrogens with zero attached hydrogens (tertiary/aromatic N) is 2. The first-order valence-corrected chi connectivity index (χ1v) is 9.27. The van der Waals surface area contributed by atoms with Crippen LogP contribution in [0.1, 0.15) is 51.8 Å². The minimum atomic E-state index is 0.814. The van der Waals surface area contributed by atoms with E-state index in [-0.39, 0.29) is 0 Å². The molecule has 0 saturated heterocycles. The maximum Gasteiger partial charge on any atom is 0.107 e. The molecule has 0 bridgehead atoms. The van der Waals surface area contributed by atoms with E-state index < -0.39 is 0 Å². The third-order valence-electron chi connectivity index (χ3n) is 4.75. The Morgan fingerprint density at radius 3 is 2.46 bits per heavy atom. The van der Waals surface area contributed by atoms with Crippen LogP contribution in [0.2, 0.25) is 0 Å². The first kappa shape index (κ1) is 16.7. The van der Waals surface area contributed by atoms with Gasteiger partial charge in [0.05, 0.1) is 11.0 Å². The lowest BCUT2D eigenvalue weighted by Gasteiger charge is -2.20. The first-order chi connectivity index (χ1) is 11.9. The standard InChI is InChI=1S/C19H21N3.C2H6/c1-2-4-14(5-3-1)12-19-21-17-7-6-16(13-18(17)22-19)15-8-10-20-11-9-15;1-2/h6-11,13-14H,1-5,12H2,(H,21,22);1-2H3. The quantitative estimate of drug-likeness (QED) is 0.665. The van der Waals surface area contributed by atoms with Crippen molar-refractivity contribution in [3.8, 4) is 11.1 Å². The van der Waals surface area contributed by atoms with Crippen molar-refractivity contribution in [2.75, 3.05) is 0 Å². The maximum atomic E-state index is 4.77. The molecule has 0 amide bonds. The highest BCUT2D eigenvalue weighted by Crippen LogP contribution is 2.28. The fourth-order valence-electron chi connectivity index (χ4n) is 3.55. The molecule has 126 valence electrons. The number of aromatic amines is 1. The molecular formula is C21H27N3. The molecule has 0 spiro atoms. The molecule has 3 nitrogen and oxygen atoms in total. The Labute approximate surface area is 144 Å². The average molecular weight is 321 g/mol. The zero-order valence-electron chi connectivity index (χ0n) is 14.8. The summed E-state index contributed by atoms with van der Waals surface area (Å²) >= 11 is 0. The van der Waals surface area contributed by atoms with E-state index in [1.807, 2.05) is 38.4 Å². The second kappa shape index (κ2) is 8.09. The van der Waals surface area contributed by atoms with Gasteiger partial charge in [-0.15, -0.1) is 0 Å². The smallest absolute Gasteiger partial charge is 0.107 e. The molecule has 1 aliphatic rings. The van der Waals surface area contributed by atoms with E-state index in [2.05, 4.69) is 28.2 Å². The lowest BCUT2D eigenvalue weighted by molar-refractivity contribution is 0.352. The van der Waals surface area contributed by atoms with Gasteiger partial charge in [0, 0.05) is 18.8 Å². The summed E-state index contributed by atoms with van der Waals surface area (Å²) in [5.41, 5.74) is 4.62. The molecule has 0 unspecified atom stereocenters. The average Bonchev–Trinajstić information content (AvgIpc) is 3.06. The number of hydrogen-bond donors (Lipinski definition) is 1. The van der Waals surface area contributed by atoms with Crippen molar-refractivity contribution in [2.24, 2.45) is 5.92 Å². The van der Waals surface area contributed by atoms with Crippen molar-refractivity contribution in [2.45, 2.75) is 52.4 Å². The first-order valence-electron chi connectivity index (χ1n) is 9.27. The molecule has 3 aromatic rings. The van der Waals surface area contributed by atoms with E-state index in [0.717, 1.165) is 29.2 Å².